The Bertz CT molecular complexity index is 1330. The van der Waals surface area contributed by atoms with E-state index in [1.54, 1.807) is 19.1 Å². The quantitative estimate of drug-likeness (QED) is 0.190. The average molecular weight is 555 g/mol. The molecule has 0 saturated heterocycles. The molecule has 1 atom stereocenters. The zero-order chi connectivity index (χ0) is 29.6. The number of aliphatic carboxylic acids is 1. The monoisotopic (exact) mass is 554 g/mol. The summed E-state index contributed by atoms with van der Waals surface area (Å²) < 4.78 is 14.3. The van der Waals surface area contributed by atoms with E-state index in [2.05, 4.69) is 4.74 Å². The summed E-state index contributed by atoms with van der Waals surface area (Å²) >= 11 is 0. The fraction of sp³-hybridized carbons (Fsp3) is 0.414. The zero-order valence-electron chi connectivity index (χ0n) is 22.5. The summed E-state index contributed by atoms with van der Waals surface area (Å²) in [4.78, 5) is 85.1. The average Bonchev–Trinajstić information content (AvgIpc) is 3.43. The molecule has 3 heterocycles. The molecule has 0 radical (unpaired) electrons. The molecule has 0 saturated carbocycles. The molecular formula is C29H30O11. The molecule has 0 spiro atoms. The molecule has 212 valence electrons. The number of hydrogen-bond acceptors (Lipinski definition) is 10. The fourth-order valence-electron chi connectivity index (χ4n) is 4.57. The van der Waals surface area contributed by atoms with E-state index in [1.807, 2.05) is 13.8 Å². The molecule has 0 fully saturated rings. The van der Waals surface area contributed by atoms with Gasteiger partial charge in [0.05, 0.1) is 27.9 Å². The Hall–Kier alpha value is -4.41. The third-order valence-corrected chi connectivity index (χ3v) is 6.87. The van der Waals surface area contributed by atoms with Gasteiger partial charge in [0.25, 0.3) is 0 Å². The summed E-state index contributed by atoms with van der Waals surface area (Å²) in [5, 5.41) is 8.96. The van der Waals surface area contributed by atoms with Crippen LogP contribution in [0.3, 0.4) is 0 Å². The van der Waals surface area contributed by atoms with Crippen LogP contribution in [0.1, 0.15) is 72.1 Å². The van der Waals surface area contributed by atoms with Crippen LogP contribution in [0.25, 0.3) is 0 Å². The van der Waals surface area contributed by atoms with Crippen molar-refractivity contribution in [3.63, 3.8) is 0 Å². The smallest absolute Gasteiger partial charge is 0.346 e. The molecule has 3 rings (SSSR count). The molecule has 0 aromatic carbocycles. The predicted octanol–water partition coefficient (Wildman–Crippen LogP) is 3.49. The Labute approximate surface area is 230 Å². The first-order valence-corrected chi connectivity index (χ1v) is 13.1. The molecule has 0 bridgehead atoms. The van der Waals surface area contributed by atoms with Crippen LogP contribution in [-0.2, 0) is 47.8 Å². The van der Waals surface area contributed by atoms with Gasteiger partial charge < -0.3 is 19.3 Å². The van der Waals surface area contributed by atoms with Crippen molar-refractivity contribution in [3.8, 4) is 0 Å². The summed E-state index contributed by atoms with van der Waals surface area (Å²) in [5.41, 5.74) is 0.964. The van der Waals surface area contributed by atoms with Crippen LogP contribution in [0.2, 0.25) is 0 Å². The van der Waals surface area contributed by atoms with E-state index in [9.17, 15) is 33.6 Å². The van der Waals surface area contributed by atoms with Crippen LogP contribution in [0.5, 0.6) is 0 Å². The summed E-state index contributed by atoms with van der Waals surface area (Å²) in [6.07, 6.45) is 5.76. The van der Waals surface area contributed by atoms with E-state index in [4.69, 9.17) is 14.6 Å². The maximum Gasteiger partial charge on any atom is 0.346 e. The molecule has 0 amide bonds. The van der Waals surface area contributed by atoms with Gasteiger partial charge in [-0.15, -0.1) is 0 Å². The number of cyclic esters (lactones) is 6. The lowest BCUT2D eigenvalue weighted by Gasteiger charge is -2.15. The number of allylic oxidation sites excluding steroid dienone is 2. The van der Waals surface area contributed by atoms with E-state index in [0.717, 1.165) is 0 Å². The number of hydrogen-bond donors (Lipinski definition) is 1. The highest BCUT2D eigenvalue weighted by Crippen LogP contribution is 2.35. The van der Waals surface area contributed by atoms with Crippen molar-refractivity contribution in [2.75, 3.05) is 0 Å². The highest BCUT2D eigenvalue weighted by atomic mass is 16.6. The molecular weight excluding hydrogens is 524 g/mol. The Morgan fingerprint density at radius 1 is 0.750 bits per heavy atom. The van der Waals surface area contributed by atoms with Gasteiger partial charge in [0.15, 0.2) is 0 Å². The highest BCUT2D eigenvalue weighted by Gasteiger charge is 2.37. The largest absolute Gasteiger partial charge is 0.481 e. The van der Waals surface area contributed by atoms with Crippen molar-refractivity contribution in [1.82, 2.24) is 0 Å². The van der Waals surface area contributed by atoms with Crippen molar-refractivity contribution >= 4 is 41.8 Å². The molecule has 40 heavy (non-hydrogen) atoms. The standard InChI is InChI=1S/C29H30O11/c1-4-7-8-17-19(26(34)38-24(17)32)11-15(5-2)13-21-22(29(37)40-28(21)36)14-16(6-3)12-20-18(9-10-23(30)31)25(33)39-27(20)35/h7-8,12,15H,4-6,9-11,13-14H2,1-3H3,(H,30,31). The predicted molar refractivity (Wildman–Crippen MR) is 137 cm³/mol. The third-order valence-electron chi connectivity index (χ3n) is 6.87. The van der Waals surface area contributed by atoms with Gasteiger partial charge in [-0.05, 0) is 44.1 Å². The van der Waals surface area contributed by atoms with Gasteiger partial charge in [-0.3, -0.25) is 4.79 Å². The van der Waals surface area contributed by atoms with Gasteiger partial charge in [0.2, 0.25) is 0 Å². The number of carbonyl (C=O) groups excluding carboxylic acids is 6. The molecule has 1 N–H and O–H groups in total. The minimum absolute atomic E-state index is 0.0578. The van der Waals surface area contributed by atoms with Gasteiger partial charge in [-0.1, -0.05) is 44.9 Å². The van der Waals surface area contributed by atoms with Crippen molar-refractivity contribution in [2.24, 2.45) is 5.92 Å². The highest BCUT2D eigenvalue weighted by molar-refractivity contribution is 6.15. The topological polar surface area (TPSA) is 167 Å². The Morgan fingerprint density at radius 2 is 1.30 bits per heavy atom. The van der Waals surface area contributed by atoms with E-state index < -0.39 is 41.8 Å². The molecule has 3 aliphatic rings. The first-order valence-electron chi connectivity index (χ1n) is 13.1. The fourth-order valence-corrected chi connectivity index (χ4v) is 4.57. The molecule has 0 aromatic heterocycles. The number of carboxylic acids is 1. The molecule has 3 aliphatic heterocycles. The maximum atomic E-state index is 12.6. The first kappa shape index (κ1) is 30.1. The SMILES string of the molecule is CCC=CC1=C(CC(CC)CC2=C(CC(=CC3=C(CCC(=O)O)C(=O)OC3=O)CC)C(=O)OC2=O)C(=O)OC1=O. The van der Waals surface area contributed by atoms with Crippen LogP contribution in [0, 0.1) is 5.92 Å². The van der Waals surface area contributed by atoms with Gasteiger partial charge in [-0.25, -0.2) is 28.8 Å². The minimum atomic E-state index is -1.15. The second kappa shape index (κ2) is 13.1. The molecule has 11 heteroatoms. The molecule has 0 aromatic rings. The normalized spacial score (nSPS) is 18.9. The van der Waals surface area contributed by atoms with Crippen LogP contribution >= 0.6 is 0 Å². The Balaban J connectivity index is 1.92. The van der Waals surface area contributed by atoms with Crippen LogP contribution in [-0.4, -0.2) is 46.9 Å². The summed E-state index contributed by atoms with van der Waals surface area (Å²) in [6.45, 7) is 5.48. The summed E-state index contributed by atoms with van der Waals surface area (Å²) in [5.74, 6) is -6.39. The van der Waals surface area contributed by atoms with Gasteiger partial charge in [0.1, 0.15) is 0 Å². The first-order chi connectivity index (χ1) is 19.0. The van der Waals surface area contributed by atoms with Crippen molar-refractivity contribution in [1.29, 1.82) is 0 Å². The summed E-state index contributed by atoms with van der Waals surface area (Å²) in [7, 11) is 0. The second-order valence-corrected chi connectivity index (χ2v) is 9.49. The van der Waals surface area contributed by atoms with E-state index in [-0.39, 0.29) is 71.5 Å². The van der Waals surface area contributed by atoms with Crippen molar-refractivity contribution in [2.45, 2.75) is 72.1 Å². The van der Waals surface area contributed by atoms with Crippen LogP contribution in [0.15, 0.2) is 57.2 Å². The third kappa shape index (κ3) is 6.77. The maximum absolute atomic E-state index is 12.6. The number of esters is 6. The van der Waals surface area contributed by atoms with Gasteiger partial charge in [-0.2, -0.15) is 0 Å². The number of ether oxygens (including phenoxy) is 3. The number of carboxylic acid groups (broad SMARTS) is 1. The molecule has 1 unspecified atom stereocenters. The van der Waals surface area contributed by atoms with Crippen LogP contribution < -0.4 is 0 Å². The molecule has 11 nitrogen and oxygen atoms in total. The van der Waals surface area contributed by atoms with E-state index >= 15 is 0 Å². The molecule has 0 aliphatic carbocycles. The number of carbonyl (C=O) groups is 7. The van der Waals surface area contributed by atoms with E-state index in [0.29, 0.717) is 24.8 Å². The van der Waals surface area contributed by atoms with Gasteiger partial charge in [0, 0.05) is 18.4 Å². The number of rotatable bonds is 14. The van der Waals surface area contributed by atoms with Crippen molar-refractivity contribution in [3.05, 3.63) is 57.2 Å². The van der Waals surface area contributed by atoms with Gasteiger partial charge >= 0.3 is 41.8 Å². The summed E-state index contributed by atoms with van der Waals surface area (Å²) in [6, 6.07) is 0. The lowest BCUT2D eigenvalue weighted by Crippen LogP contribution is -2.11. The second-order valence-electron chi connectivity index (χ2n) is 9.49. The Kier molecular flexibility index (Phi) is 9.87. The lowest BCUT2D eigenvalue weighted by atomic mass is 9.86. The van der Waals surface area contributed by atoms with E-state index in [1.165, 1.54) is 6.08 Å². The van der Waals surface area contributed by atoms with Crippen molar-refractivity contribution < 1.29 is 52.9 Å². The Morgan fingerprint density at radius 3 is 1.90 bits per heavy atom. The lowest BCUT2D eigenvalue weighted by molar-refractivity contribution is -0.152. The minimum Gasteiger partial charge on any atom is -0.481 e. The zero-order valence-corrected chi connectivity index (χ0v) is 22.5. The van der Waals surface area contributed by atoms with Crippen LogP contribution in [0.4, 0.5) is 0 Å².